The first-order valence-corrected chi connectivity index (χ1v) is 6.64. The topological polar surface area (TPSA) is 63.6 Å². The average Bonchev–Trinajstić information content (AvgIpc) is 2.49. The fourth-order valence-electron chi connectivity index (χ4n) is 1.49. The molecule has 2 aromatic rings. The zero-order chi connectivity index (χ0) is 15.2. The molecule has 21 heavy (non-hydrogen) atoms. The molecule has 2 rings (SSSR count). The van der Waals surface area contributed by atoms with E-state index in [9.17, 15) is 4.79 Å². The quantitative estimate of drug-likeness (QED) is 0.530. The van der Waals surface area contributed by atoms with Gasteiger partial charge in [-0.2, -0.15) is 5.10 Å². The summed E-state index contributed by atoms with van der Waals surface area (Å²) < 4.78 is 4.62. The largest absolute Gasteiger partial charge is 0.465 e. The van der Waals surface area contributed by atoms with E-state index in [0.717, 1.165) is 5.56 Å². The molecule has 0 fully saturated rings. The van der Waals surface area contributed by atoms with E-state index < -0.39 is 0 Å². The predicted molar refractivity (Wildman–Crippen MR) is 83.3 cm³/mol. The van der Waals surface area contributed by atoms with Crippen molar-refractivity contribution in [1.29, 1.82) is 0 Å². The number of ether oxygens (including phenoxy) is 1. The predicted octanol–water partition coefficient (Wildman–Crippen LogP) is 3.62. The standard InChI is InChI=1S/C14H11Cl2N3O2/c1-21-14(20)10-4-2-9(3-5-10)7-18-19-13-12(16)6-11(15)8-17-13/h2-8H,1H3,(H,17,19)/b18-7+. The van der Waals surface area contributed by atoms with Crippen LogP contribution in [0.15, 0.2) is 41.6 Å². The van der Waals surface area contributed by atoms with E-state index in [0.29, 0.717) is 21.4 Å². The van der Waals surface area contributed by atoms with Crippen LogP contribution in [-0.2, 0) is 4.74 Å². The van der Waals surface area contributed by atoms with Crippen molar-refractivity contribution in [2.45, 2.75) is 0 Å². The molecular formula is C14H11Cl2N3O2. The lowest BCUT2D eigenvalue weighted by Gasteiger charge is -2.02. The zero-order valence-corrected chi connectivity index (χ0v) is 12.5. The summed E-state index contributed by atoms with van der Waals surface area (Å²) in [6.45, 7) is 0. The van der Waals surface area contributed by atoms with Gasteiger partial charge in [0.1, 0.15) is 0 Å². The van der Waals surface area contributed by atoms with Gasteiger partial charge in [-0.3, -0.25) is 5.43 Å². The van der Waals surface area contributed by atoms with Crippen LogP contribution >= 0.6 is 23.2 Å². The van der Waals surface area contributed by atoms with E-state index in [4.69, 9.17) is 23.2 Å². The minimum absolute atomic E-state index is 0.376. The number of carbonyl (C=O) groups excluding carboxylic acids is 1. The van der Waals surface area contributed by atoms with Gasteiger partial charge in [-0.1, -0.05) is 35.3 Å². The second kappa shape index (κ2) is 7.06. The van der Waals surface area contributed by atoms with Crippen molar-refractivity contribution in [2.75, 3.05) is 12.5 Å². The number of esters is 1. The summed E-state index contributed by atoms with van der Waals surface area (Å²) in [4.78, 5) is 15.3. The fraction of sp³-hybridized carbons (Fsp3) is 0.0714. The number of methoxy groups -OCH3 is 1. The van der Waals surface area contributed by atoms with E-state index in [1.165, 1.54) is 13.3 Å². The Morgan fingerprint density at radius 1 is 1.33 bits per heavy atom. The van der Waals surface area contributed by atoms with Crippen molar-refractivity contribution in [3.05, 3.63) is 57.7 Å². The van der Waals surface area contributed by atoms with Crippen LogP contribution in [-0.4, -0.2) is 24.3 Å². The number of pyridine rings is 1. The molecule has 1 heterocycles. The van der Waals surface area contributed by atoms with Crippen molar-refractivity contribution in [3.63, 3.8) is 0 Å². The summed E-state index contributed by atoms with van der Waals surface area (Å²) in [6, 6.07) is 8.36. The Morgan fingerprint density at radius 2 is 2.05 bits per heavy atom. The number of benzene rings is 1. The highest BCUT2D eigenvalue weighted by atomic mass is 35.5. The molecule has 0 amide bonds. The number of halogens is 2. The van der Waals surface area contributed by atoms with Crippen LogP contribution in [0.3, 0.4) is 0 Å². The molecule has 0 aliphatic heterocycles. The number of rotatable bonds is 4. The van der Waals surface area contributed by atoms with E-state index >= 15 is 0 Å². The maximum absolute atomic E-state index is 11.3. The van der Waals surface area contributed by atoms with Crippen LogP contribution < -0.4 is 5.43 Å². The molecule has 0 bridgehead atoms. The van der Waals surface area contributed by atoms with Crippen LogP contribution in [0.5, 0.6) is 0 Å². The molecule has 0 spiro atoms. The van der Waals surface area contributed by atoms with E-state index in [-0.39, 0.29) is 5.97 Å². The van der Waals surface area contributed by atoms with Gasteiger partial charge in [-0.05, 0) is 23.8 Å². The molecule has 0 atom stereocenters. The molecular weight excluding hydrogens is 313 g/mol. The minimum Gasteiger partial charge on any atom is -0.465 e. The summed E-state index contributed by atoms with van der Waals surface area (Å²) in [5, 5.41) is 4.84. The summed E-state index contributed by atoms with van der Waals surface area (Å²) in [5.41, 5.74) is 4.00. The third kappa shape index (κ3) is 4.18. The van der Waals surface area contributed by atoms with Gasteiger partial charge >= 0.3 is 5.97 Å². The first-order valence-electron chi connectivity index (χ1n) is 5.88. The summed E-state index contributed by atoms with van der Waals surface area (Å²) in [5.74, 6) is 0.0252. The molecule has 0 unspecified atom stereocenters. The Balaban J connectivity index is 2.02. The molecule has 0 saturated carbocycles. The highest BCUT2D eigenvalue weighted by molar-refractivity contribution is 6.35. The average molecular weight is 324 g/mol. The van der Waals surface area contributed by atoms with Crippen molar-refractivity contribution in [1.82, 2.24) is 4.98 Å². The normalized spacial score (nSPS) is 10.6. The van der Waals surface area contributed by atoms with Gasteiger partial charge in [0.05, 0.1) is 28.9 Å². The number of hydrogen-bond acceptors (Lipinski definition) is 5. The van der Waals surface area contributed by atoms with Crippen LogP contribution in [0.25, 0.3) is 0 Å². The lowest BCUT2D eigenvalue weighted by molar-refractivity contribution is 0.0601. The number of hydrazone groups is 1. The van der Waals surface area contributed by atoms with Crippen molar-refractivity contribution in [2.24, 2.45) is 5.10 Å². The van der Waals surface area contributed by atoms with Gasteiger partial charge in [0, 0.05) is 6.20 Å². The first kappa shape index (κ1) is 15.3. The van der Waals surface area contributed by atoms with Crippen LogP contribution in [0, 0.1) is 0 Å². The van der Waals surface area contributed by atoms with E-state index in [1.807, 2.05) is 0 Å². The molecule has 108 valence electrons. The van der Waals surface area contributed by atoms with Crippen LogP contribution in [0.1, 0.15) is 15.9 Å². The Hall–Kier alpha value is -2.11. The smallest absolute Gasteiger partial charge is 0.337 e. The number of anilines is 1. The van der Waals surface area contributed by atoms with Gasteiger partial charge < -0.3 is 4.74 Å². The molecule has 1 aromatic carbocycles. The lowest BCUT2D eigenvalue weighted by Crippen LogP contribution is -2.01. The van der Waals surface area contributed by atoms with Gasteiger partial charge in [0.2, 0.25) is 0 Å². The number of carbonyl (C=O) groups is 1. The zero-order valence-electron chi connectivity index (χ0n) is 11.0. The number of hydrogen-bond donors (Lipinski definition) is 1. The van der Waals surface area contributed by atoms with Crippen molar-refractivity contribution < 1.29 is 9.53 Å². The highest BCUT2D eigenvalue weighted by Gasteiger charge is 2.03. The monoisotopic (exact) mass is 323 g/mol. The maximum atomic E-state index is 11.3. The summed E-state index contributed by atoms with van der Waals surface area (Å²) in [6.07, 6.45) is 3.05. The Bertz CT molecular complexity index is 672. The SMILES string of the molecule is COC(=O)c1ccc(/C=N/Nc2ncc(Cl)cc2Cl)cc1. The number of nitrogens with one attached hydrogen (secondary N) is 1. The Morgan fingerprint density at radius 3 is 2.67 bits per heavy atom. The summed E-state index contributed by atoms with van der Waals surface area (Å²) >= 11 is 11.7. The molecule has 0 saturated heterocycles. The van der Waals surface area contributed by atoms with Crippen LogP contribution in [0.4, 0.5) is 5.82 Å². The molecule has 0 aliphatic carbocycles. The van der Waals surface area contributed by atoms with E-state index in [1.54, 1.807) is 36.5 Å². The lowest BCUT2D eigenvalue weighted by atomic mass is 10.1. The number of nitrogens with zero attached hydrogens (tertiary/aromatic N) is 2. The highest BCUT2D eigenvalue weighted by Crippen LogP contribution is 2.22. The fourth-order valence-corrected chi connectivity index (χ4v) is 1.91. The first-order chi connectivity index (χ1) is 10.1. The molecule has 7 heteroatoms. The maximum Gasteiger partial charge on any atom is 0.337 e. The van der Waals surface area contributed by atoms with Gasteiger partial charge in [0.25, 0.3) is 0 Å². The van der Waals surface area contributed by atoms with Gasteiger partial charge in [-0.15, -0.1) is 0 Å². The Labute approximate surface area is 131 Å². The molecule has 5 nitrogen and oxygen atoms in total. The summed E-state index contributed by atoms with van der Waals surface area (Å²) in [7, 11) is 1.34. The second-order valence-corrected chi connectivity index (χ2v) is 4.81. The van der Waals surface area contributed by atoms with Crippen LogP contribution in [0.2, 0.25) is 10.0 Å². The number of aromatic nitrogens is 1. The van der Waals surface area contributed by atoms with Crippen molar-refractivity contribution >= 4 is 41.2 Å². The molecule has 1 N–H and O–H groups in total. The third-order valence-electron chi connectivity index (χ3n) is 2.52. The van der Waals surface area contributed by atoms with Crippen molar-refractivity contribution in [3.8, 4) is 0 Å². The van der Waals surface area contributed by atoms with Gasteiger partial charge in [-0.25, -0.2) is 9.78 Å². The second-order valence-electron chi connectivity index (χ2n) is 3.97. The van der Waals surface area contributed by atoms with Gasteiger partial charge in [0.15, 0.2) is 5.82 Å². The minimum atomic E-state index is -0.381. The molecule has 0 radical (unpaired) electrons. The third-order valence-corrected chi connectivity index (χ3v) is 3.02. The van der Waals surface area contributed by atoms with E-state index in [2.05, 4.69) is 20.2 Å². The molecule has 0 aliphatic rings. The molecule has 1 aromatic heterocycles. The Kier molecular flexibility index (Phi) is 5.14.